The lowest BCUT2D eigenvalue weighted by molar-refractivity contribution is -0.159. The number of nitrogens with zero attached hydrogens (tertiary/aromatic N) is 4. The van der Waals surface area contributed by atoms with E-state index in [1.54, 1.807) is 4.90 Å². The fourth-order valence-corrected chi connectivity index (χ4v) is 3.57. The molecule has 2 atom stereocenters. The number of alkyl halides is 3. The summed E-state index contributed by atoms with van der Waals surface area (Å²) in [6.45, 7) is 0.354. The van der Waals surface area contributed by atoms with Crippen LogP contribution in [0.5, 0.6) is 0 Å². The van der Waals surface area contributed by atoms with Crippen LogP contribution in [-0.2, 0) is 12.7 Å². The van der Waals surface area contributed by atoms with E-state index < -0.39 is 12.1 Å². The zero-order chi connectivity index (χ0) is 18.5. The zero-order valence-corrected chi connectivity index (χ0v) is 13.7. The molecule has 3 heterocycles. The SMILES string of the molecule is NC1CCCCC1N1Cc2ncc(-c3noc(C(F)(F)F)n3)cc2C1=O. The minimum absolute atomic E-state index is 0.0455. The number of carbonyl (C=O) groups excluding carboxylic acids is 1. The van der Waals surface area contributed by atoms with E-state index in [0.29, 0.717) is 17.8 Å². The van der Waals surface area contributed by atoms with Crippen molar-refractivity contribution in [1.29, 1.82) is 0 Å². The summed E-state index contributed by atoms with van der Waals surface area (Å²) in [6.07, 6.45) is 0.398. The Bertz CT molecular complexity index is 851. The maximum atomic E-state index is 12.8. The van der Waals surface area contributed by atoms with E-state index in [0.717, 1.165) is 25.7 Å². The molecule has 2 aromatic heterocycles. The molecular formula is C16H16F3N5O2. The molecule has 4 rings (SSSR count). The standard InChI is InChI=1S/C16H16F3N5O2/c17-16(18,19)15-22-13(23-26-15)8-5-9-11(21-6-8)7-24(14(9)25)12-4-2-1-3-10(12)20/h5-6,10,12H,1-4,7,20H2. The number of hydrogen-bond acceptors (Lipinski definition) is 6. The van der Waals surface area contributed by atoms with Crippen molar-refractivity contribution in [3.63, 3.8) is 0 Å². The van der Waals surface area contributed by atoms with Gasteiger partial charge in [0.15, 0.2) is 0 Å². The lowest BCUT2D eigenvalue weighted by Gasteiger charge is -2.35. The summed E-state index contributed by atoms with van der Waals surface area (Å²) in [6, 6.07) is 1.34. The van der Waals surface area contributed by atoms with Gasteiger partial charge in [-0.05, 0) is 18.9 Å². The molecule has 2 unspecified atom stereocenters. The summed E-state index contributed by atoms with van der Waals surface area (Å²) < 4.78 is 42.1. The van der Waals surface area contributed by atoms with Crippen molar-refractivity contribution in [3.8, 4) is 11.4 Å². The molecule has 7 nitrogen and oxygen atoms in total. The summed E-state index contributed by atoms with van der Waals surface area (Å²) in [7, 11) is 0. The maximum Gasteiger partial charge on any atom is 0.471 e. The quantitative estimate of drug-likeness (QED) is 0.875. The van der Waals surface area contributed by atoms with Gasteiger partial charge in [0.25, 0.3) is 5.91 Å². The van der Waals surface area contributed by atoms with Crippen LogP contribution in [0.3, 0.4) is 0 Å². The van der Waals surface area contributed by atoms with Crippen molar-refractivity contribution in [2.75, 3.05) is 0 Å². The number of rotatable bonds is 2. The molecule has 1 aliphatic carbocycles. The molecule has 1 fully saturated rings. The van der Waals surface area contributed by atoms with Gasteiger partial charge in [-0.3, -0.25) is 9.78 Å². The van der Waals surface area contributed by atoms with E-state index >= 15 is 0 Å². The Morgan fingerprint density at radius 1 is 1.27 bits per heavy atom. The van der Waals surface area contributed by atoms with Crippen molar-refractivity contribution in [1.82, 2.24) is 20.0 Å². The summed E-state index contributed by atoms with van der Waals surface area (Å²) in [5, 5.41) is 3.33. The topological polar surface area (TPSA) is 98.1 Å². The third kappa shape index (κ3) is 2.83. The summed E-state index contributed by atoms with van der Waals surface area (Å²) in [5.74, 6) is -1.90. The fourth-order valence-electron chi connectivity index (χ4n) is 3.57. The van der Waals surface area contributed by atoms with Gasteiger partial charge in [0.1, 0.15) is 0 Å². The Balaban J connectivity index is 1.61. The first-order valence-electron chi connectivity index (χ1n) is 8.31. The van der Waals surface area contributed by atoms with Crippen LogP contribution in [0.15, 0.2) is 16.8 Å². The van der Waals surface area contributed by atoms with Gasteiger partial charge in [-0.1, -0.05) is 18.0 Å². The first-order chi connectivity index (χ1) is 12.3. The van der Waals surface area contributed by atoms with Crippen molar-refractivity contribution in [2.45, 2.75) is 50.5 Å². The minimum atomic E-state index is -4.72. The number of halogens is 3. The van der Waals surface area contributed by atoms with Gasteiger partial charge in [-0.2, -0.15) is 18.2 Å². The highest BCUT2D eigenvalue weighted by atomic mass is 19.4. The number of aromatic nitrogens is 3. The minimum Gasteiger partial charge on any atom is -0.329 e. The summed E-state index contributed by atoms with van der Waals surface area (Å²) >= 11 is 0. The maximum absolute atomic E-state index is 12.8. The third-order valence-corrected chi connectivity index (χ3v) is 4.89. The zero-order valence-electron chi connectivity index (χ0n) is 13.7. The Hall–Kier alpha value is -2.49. The van der Waals surface area contributed by atoms with E-state index in [2.05, 4.69) is 19.6 Å². The van der Waals surface area contributed by atoms with Gasteiger partial charge in [-0.25, -0.2) is 0 Å². The fraction of sp³-hybridized carbons (Fsp3) is 0.500. The third-order valence-electron chi connectivity index (χ3n) is 4.89. The van der Waals surface area contributed by atoms with E-state index in [4.69, 9.17) is 5.73 Å². The highest BCUT2D eigenvalue weighted by molar-refractivity contribution is 5.99. The van der Waals surface area contributed by atoms with Crippen LogP contribution in [0.2, 0.25) is 0 Å². The first-order valence-corrected chi connectivity index (χ1v) is 8.31. The molecule has 138 valence electrons. The number of carbonyl (C=O) groups is 1. The van der Waals surface area contributed by atoms with E-state index in [1.165, 1.54) is 12.3 Å². The van der Waals surface area contributed by atoms with Crippen LogP contribution in [0.25, 0.3) is 11.4 Å². The molecule has 1 amide bonds. The Morgan fingerprint density at radius 3 is 2.73 bits per heavy atom. The molecule has 26 heavy (non-hydrogen) atoms. The lowest BCUT2D eigenvalue weighted by atomic mass is 9.90. The average molecular weight is 367 g/mol. The van der Waals surface area contributed by atoms with Crippen molar-refractivity contribution < 1.29 is 22.5 Å². The number of fused-ring (bicyclic) bond motifs is 1. The second kappa shape index (κ2) is 6.04. The Morgan fingerprint density at radius 2 is 2.04 bits per heavy atom. The number of hydrogen-bond donors (Lipinski definition) is 1. The predicted octanol–water partition coefficient (Wildman–Crippen LogP) is 2.38. The van der Waals surface area contributed by atoms with Crippen LogP contribution >= 0.6 is 0 Å². The van der Waals surface area contributed by atoms with E-state index in [-0.39, 0.29) is 29.4 Å². The normalized spacial score (nSPS) is 23.4. The lowest BCUT2D eigenvalue weighted by Crippen LogP contribution is -2.49. The van der Waals surface area contributed by atoms with Crippen LogP contribution in [0.1, 0.15) is 47.6 Å². The molecule has 0 bridgehead atoms. The second-order valence-corrected chi connectivity index (χ2v) is 6.59. The monoisotopic (exact) mass is 367 g/mol. The molecule has 0 saturated heterocycles. The van der Waals surface area contributed by atoms with Crippen molar-refractivity contribution in [2.24, 2.45) is 5.73 Å². The van der Waals surface area contributed by atoms with Gasteiger partial charge in [0.05, 0.1) is 17.8 Å². The summed E-state index contributed by atoms with van der Waals surface area (Å²) in [4.78, 5) is 22.0. The van der Waals surface area contributed by atoms with Crippen LogP contribution < -0.4 is 5.73 Å². The number of pyridine rings is 1. The first kappa shape index (κ1) is 17.0. The van der Waals surface area contributed by atoms with Gasteiger partial charge >= 0.3 is 12.1 Å². The molecule has 1 saturated carbocycles. The van der Waals surface area contributed by atoms with E-state index in [1.807, 2.05) is 0 Å². The van der Waals surface area contributed by atoms with Crippen LogP contribution in [0.4, 0.5) is 13.2 Å². The van der Waals surface area contributed by atoms with Gasteiger partial charge in [0.2, 0.25) is 5.82 Å². The second-order valence-electron chi connectivity index (χ2n) is 6.59. The molecule has 1 aliphatic heterocycles. The van der Waals surface area contributed by atoms with Crippen LogP contribution in [-0.4, -0.2) is 38.0 Å². The van der Waals surface area contributed by atoms with Gasteiger partial charge < -0.3 is 15.2 Å². The largest absolute Gasteiger partial charge is 0.471 e. The molecule has 2 N–H and O–H groups in total. The van der Waals surface area contributed by atoms with Crippen molar-refractivity contribution >= 4 is 5.91 Å². The Kier molecular flexibility index (Phi) is 3.94. The van der Waals surface area contributed by atoms with Crippen LogP contribution in [0, 0.1) is 0 Å². The predicted molar refractivity (Wildman–Crippen MR) is 82.6 cm³/mol. The number of nitrogens with two attached hydrogens (primary N) is 1. The van der Waals surface area contributed by atoms with Gasteiger partial charge in [-0.15, -0.1) is 0 Å². The van der Waals surface area contributed by atoms with Crippen molar-refractivity contribution in [3.05, 3.63) is 29.4 Å². The van der Waals surface area contributed by atoms with Gasteiger partial charge in [0, 0.05) is 23.8 Å². The highest BCUT2D eigenvalue weighted by Crippen LogP contribution is 2.33. The van der Waals surface area contributed by atoms with E-state index in [9.17, 15) is 18.0 Å². The molecule has 2 aromatic rings. The molecule has 0 radical (unpaired) electrons. The average Bonchev–Trinajstić information content (AvgIpc) is 3.21. The smallest absolute Gasteiger partial charge is 0.329 e. The Labute approximate surface area is 146 Å². The highest BCUT2D eigenvalue weighted by Gasteiger charge is 2.40. The number of amides is 1. The summed E-state index contributed by atoms with van der Waals surface area (Å²) in [5.41, 5.74) is 7.29. The molecule has 10 heteroatoms. The molecule has 0 aromatic carbocycles. The molecule has 0 spiro atoms. The molecule has 2 aliphatic rings. The molecular weight excluding hydrogens is 351 g/mol.